The Labute approximate surface area is 123 Å². The zero-order valence-electron chi connectivity index (χ0n) is 12.2. The summed E-state index contributed by atoms with van der Waals surface area (Å²) in [7, 11) is 0. The number of carbonyl (C=O) groups is 3. The zero-order valence-corrected chi connectivity index (χ0v) is 12.2. The van der Waals surface area contributed by atoms with E-state index >= 15 is 0 Å². The first-order valence-corrected chi connectivity index (χ1v) is 7.54. The van der Waals surface area contributed by atoms with E-state index in [1.807, 2.05) is 0 Å². The molecular formula is C14H21N3O4. The van der Waals surface area contributed by atoms with Gasteiger partial charge in [0.25, 0.3) is 0 Å². The van der Waals surface area contributed by atoms with Crippen LogP contribution in [0.4, 0.5) is 4.79 Å². The first-order valence-electron chi connectivity index (χ1n) is 7.54. The molecule has 0 bridgehead atoms. The van der Waals surface area contributed by atoms with Crippen LogP contribution in [0.15, 0.2) is 0 Å². The van der Waals surface area contributed by atoms with Crippen molar-refractivity contribution < 1.29 is 19.1 Å². The molecule has 3 fully saturated rings. The molecule has 0 aromatic heterocycles. The van der Waals surface area contributed by atoms with Crippen LogP contribution in [0, 0.1) is 0 Å². The number of hydrogen-bond donors (Lipinski definition) is 1. The fourth-order valence-electron chi connectivity index (χ4n) is 4.15. The summed E-state index contributed by atoms with van der Waals surface area (Å²) in [5.41, 5.74) is 4.20. The molecule has 3 amide bonds. The van der Waals surface area contributed by atoms with Gasteiger partial charge in [0.2, 0.25) is 11.8 Å². The molecule has 0 saturated carbocycles. The third kappa shape index (κ3) is 2.06. The topological polar surface area (TPSA) is 92.9 Å². The molecule has 7 nitrogen and oxygen atoms in total. The van der Waals surface area contributed by atoms with Crippen molar-refractivity contribution in [3.63, 3.8) is 0 Å². The van der Waals surface area contributed by atoms with E-state index in [9.17, 15) is 14.4 Å². The van der Waals surface area contributed by atoms with E-state index in [1.165, 1.54) is 0 Å². The van der Waals surface area contributed by atoms with Gasteiger partial charge >= 0.3 is 6.09 Å². The second-order valence-corrected chi connectivity index (χ2v) is 6.23. The molecule has 3 aliphatic rings. The average molecular weight is 295 g/mol. The Morgan fingerprint density at radius 3 is 2.90 bits per heavy atom. The third-order valence-electron chi connectivity index (χ3n) is 4.89. The quantitative estimate of drug-likeness (QED) is 0.806. The SMILES string of the molecule is C[C@H](C[C@]12CCCN1C(=O)[C@H]1CCCN1C2=O)OC(N)=O. The van der Waals surface area contributed by atoms with Crippen LogP contribution in [0.3, 0.4) is 0 Å². The number of ether oxygens (including phenoxy) is 1. The van der Waals surface area contributed by atoms with E-state index in [0.29, 0.717) is 25.9 Å². The highest BCUT2D eigenvalue weighted by Crippen LogP contribution is 2.42. The van der Waals surface area contributed by atoms with Crippen molar-refractivity contribution in [1.29, 1.82) is 0 Å². The van der Waals surface area contributed by atoms with E-state index in [4.69, 9.17) is 10.5 Å². The number of nitrogens with zero attached hydrogens (tertiary/aromatic N) is 2. The van der Waals surface area contributed by atoms with E-state index in [1.54, 1.807) is 16.7 Å². The molecule has 0 aromatic carbocycles. The highest BCUT2D eigenvalue weighted by Gasteiger charge is 2.59. The molecule has 0 aliphatic carbocycles. The number of primary amides is 1. The maximum atomic E-state index is 12.9. The summed E-state index contributed by atoms with van der Waals surface area (Å²) in [5, 5.41) is 0. The predicted molar refractivity (Wildman–Crippen MR) is 73.2 cm³/mol. The fraction of sp³-hybridized carbons (Fsp3) is 0.786. The molecule has 7 heteroatoms. The monoisotopic (exact) mass is 295 g/mol. The van der Waals surface area contributed by atoms with Gasteiger partial charge in [-0.2, -0.15) is 0 Å². The van der Waals surface area contributed by atoms with E-state index in [2.05, 4.69) is 0 Å². The van der Waals surface area contributed by atoms with Crippen molar-refractivity contribution in [3.05, 3.63) is 0 Å². The second kappa shape index (κ2) is 4.89. The number of piperazine rings is 1. The van der Waals surface area contributed by atoms with Crippen molar-refractivity contribution in [2.24, 2.45) is 5.73 Å². The van der Waals surface area contributed by atoms with Crippen LogP contribution < -0.4 is 5.73 Å². The summed E-state index contributed by atoms with van der Waals surface area (Å²) >= 11 is 0. The van der Waals surface area contributed by atoms with Gasteiger partial charge in [-0.05, 0) is 32.6 Å². The Morgan fingerprint density at radius 2 is 2.19 bits per heavy atom. The first kappa shape index (κ1) is 14.2. The molecule has 3 atom stereocenters. The number of fused-ring (bicyclic) bond motifs is 2. The highest BCUT2D eigenvalue weighted by atomic mass is 16.6. The maximum Gasteiger partial charge on any atom is 0.404 e. The summed E-state index contributed by atoms with van der Waals surface area (Å²) in [4.78, 5) is 39.9. The van der Waals surface area contributed by atoms with E-state index < -0.39 is 17.7 Å². The Kier molecular flexibility index (Phi) is 3.30. The van der Waals surface area contributed by atoms with Crippen LogP contribution in [0.1, 0.15) is 39.0 Å². The normalized spacial score (nSPS) is 32.9. The molecule has 0 aromatic rings. The van der Waals surface area contributed by atoms with Crippen LogP contribution in [0.2, 0.25) is 0 Å². The lowest BCUT2D eigenvalue weighted by Crippen LogP contribution is -2.68. The van der Waals surface area contributed by atoms with Crippen molar-refractivity contribution in [3.8, 4) is 0 Å². The molecule has 0 unspecified atom stereocenters. The Morgan fingerprint density at radius 1 is 1.43 bits per heavy atom. The molecular weight excluding hydrogens is 274 g/mol. The summed E-state index contributed by atoms with van der Waals surface area (Å²) in [6.07, 6.45) is 2.05. The molecule has 2 N–H and O–H groups in total. The summed E-state index contributed by atoms with van der Waals surface area (Å²) < 4.78 is 4.98. The fourth-order valence-corrected chi connectivity index (χ4v) is 4.15. The first-order chi connectivity index (χ1) is 9.95. The minimum atomic E-state index is -0.850. The van der Waals surface area contributed by atoms with Crippen LogP contribution >= 0.6 is 0 Å². The minimum absolute atomic E-state index is 0.0158. The standard InChI is InChI=1S/C14H21N3O4/c1-9(21-13(15)20)8-14-5-3-7-17(14)11(18)10-4-2-6-16(10)12(14)19/h9-10H,2-8H2,1H3,(H2,15,20)/t9-,10-,14+/m1/s1. The van der Waals surface area contributed by atoms with Crippen molar-refractivity contribution >= 4 is 17.9 Å². The second-order valence-electron chi connectivity index (χ2n) is 6.23. The van der Waals surface area contributed by atoms with Crippen molar-refractivity contribution in [2.75, 3.05) is 13.1 Å². The van der Waals surface area contributed by atoms with Crippen molar-refractivity contribution in [2.45, 2.75) is 56.7 Å². The molecule has 3 aliphatic heterocycles. The highest BCUT2D eigenvalue weighted by molar-refractivity contribution is 6.00. The Balaban J connectivity index is 1.88. The number of nitrogens with two attached hydrogens (primary N) is 1. The number of rotatable bonds is 3. The molecule has 0 radical (unpaired) electrons. The van der Waals surface area contributed by atoms with Gasteiger partial charge in [-0.3, -0.25) is 9.59 Å². The third-order valence-corrected chi connectivity index (χ3v) is 4.89. The largest absolute Gasteiger partial charge is 0.447 e. The van der Waals surface area contributed by atoms with Gasteiger partial charge in [0.15, 0.2) is 0 Å². The Hall–Kier alpha value is -1.79. The number of amides is 3. The summed E-state index contributed by atoms with van der Waals surface area (Å²) in [6.45, 7) is 2.97. The smallest absolute Gasteiger partial charge is 0.404 e. The van der Waals surface area contributed by atoms with Gasteiger partial charge in [0.1, 0.15) is 17.7 Å². The molecule has 3 saturated heterocycles. The molecule has 3 rings (SSSR count). The average Bonchev–Trinajstić information content (AvgIpc) is 3.02. The Bertz CT molecular complexity index is 495. The van der Waals surface area contributed by atoms with Crippen LogP contribution in [0.5, 0.6) is 0 Å². The van der Waals surface area contributed by atoms with Gasteiger partial charge in [0.05, 0.1) is 0 Å². The number of carbonyl (C=O) groups excluding carboxylic acids is 3. The van der Waals surface area contributed by atoms with Crippen LogP contribution in [-0.2, 0) is 14.3 Å². The van der Waals surface area contributed by atoms with Crippen molar-refractivity contribution in [1.82, 2.24) is 9.80 Å². The molecule has 21 heavy (non-hydrogen) atoms. The number of hydrogen-bond acceptors (Lipinski definition) is 4. The lowest BCUT2D eigenvalue weighted by molar-refractivity contribution is -0.167. The van der Waals surface area contributed by atoms with Gasteiger partial charge in [-0.15, -0.1) is 0 Å². The molecule has 0 spiro atoms. The summed E-state index contributed by atoms with van der Waals surface area (Å²) in [5.74, 6) is 0.0675. The molecule has 116 valence electrons. The van der Waals surface area contributed by atoms with E-state index in [0.717, 1.165) is 19.3 Å². The predicted octanol–water partition coefficient (Wildman–Crippen LogP) is 0.226. The van der Waals surface area contributed by atoms with Gasteiger partial charge in [0, 0.05) is 19.5 Å². The van der Waals surface area contributed by atoms with Gasteiger partial charge < -0.3 is 20.3 Å². The van der Waals surface area contributed by atoms with E-state index in [-0.39, 0.29) is 17.9 Å². The van der Waals surface area contributed by atoms with Gasteiger partial charge in [-0.1, -0.05) is 0 Å². The summed E-state index contributed by atoms with van der Waals surface area (Å²) in [6, 6.07) is -0.281. The lowest BCUT2D eigenvalue weighted by atomic mass is 9.85. The lowest BCUT2D eigenvalue weighted by Gasteiger charge is -2.47. The van der Waals surface area contributed by atoms with Gasteiger partial charge in [-0.25, -0.2) is 4.79 Å². The molecule has 3 heterocycles. The minimum Gasteiger partial charge on any atom is -0.447 e. The van der Waals surface area contributed by atoms with Crippen LogP contribution in [0.25, 0.3) is 0 Å². The van der Waals surface area contributed by atoms with Crippen LogP contribution in [-0.4, -0.2) is 58.5 Å². The zero-order chi connectivity index (χ0) is 15.2. The maximum absolute atomic E-state index is 12.9.